The van der Waals surface area contributed by atoms with Crippen molar-refractivity contribution in [3.05, 3.63) is 51.2 Å². The predicted octanol–water partition coefficient (Wildman–Crippen LogP) is 4.09. The Morgan fingerprint density at radius 1 is 1.00 bits per heavy atom. The Morgan fingerprint density at radius 3 is 2.39 bits per heavy atom. The van der Waals surface area contributed by atoms with Crippen LogP contribution in [-0.2, 0) is 6.42 Å². The summed E-state index contributed by atoms with van der Waals surface area (Å²) in [5.41, 5.74) is 1.03. The molecule has 0 radical (unpaired) electrons. The molecule has 1 aromatic carbocycles. The molecule has 3 nitrogen and oxygen atoms in total. The number of hydrogen-bond acceptors (Lipinski definition) is 3. The lowest BCUT2D eigenvalue weighted by Gasteiger charge is -2.06. The predicted molar refractivity (Wildman–Crippen MR) is 75.7 cm³/mol. The summed E-state index contributed by atoms with van der Waals surface area (Å²) in [5, 5.41) is 4.91. The molecular formula is C12H10Cl3N3. The Labute approximate surface area is 120 Å². The Bertz CT molecular complexity index is 529. The van der Waals surface area contributed by atoms with Crippen molar-refractivity contribution in [3.63, 3.8) is 0 Å². The average molecular weight is 303 g/mol. The second kappa shape index (κ2) is 6.23. The van der Waals surface area contributed by atoms with Crippen LogP contribution in [0.25, 0.3) is 0 Å². The molecule has 2 aromatic rings. The third kappa shape index (κ3) is 3.73. The lowest BCUT2D eigenvalue weighted by molar-refractivity contribution is 0.984. The van der Waals surface area contributed by atoms with E-state index < -0.39 is 0 Å². The van der Waals surface area contributed by atoms with E-state index >= 15 is 0 Å². The van der Waals surface area contributed by atoms with Gasteiger partial charge in [0.1, 0.15) is 0 Å². The van der Waals surface area contributed by atoms with Crippen LogP contribution in [0.4, 0.5) is 5.95 Å². The highest BCUT2D eigenvalue weighted by molar-refractivity contribution is 6.35. The Hall–Kier alpha value is -1.03. The third-order valence-electron chi connectivity index (χ3n) is 2.31. The molecule has 1 N–H and O–H groups in total. The van der Waals surface area contributed by atoms with Crippen molar-refractivity contribution in [1.82, 2.24) is 9.97 Å². The first-order valence-electron chi connectivity index (χ1n) is 5.30. The average Bonchev–Trinajstić information content (AvgIpc) is 2.34. The van der Waals surface area contributed by atoms with Gasteiger partial charge in [-0.05, 0) is 24.1 Å². The lowest BCUT2D eigenvalue weighted by atomic mass is 10.1. The summed E-state index contributed by atoms with van der Waals surface area (Å²) in [6.45, 7) is 0.684. The monoisotopic (exact) mass is 301 g/mol. The Morgan fingerprint density at radius 2 is 1.72 bits per heavy atom. The van der Waals surface area contributed by atoms with Gasteiger partial charge in [0.05, 0.1) is 17.4 Å². The number of nitrogens with one attached hydrogen (secondary N) is 1. The van der Waals surface area contributed by atoms with Crippen LogP contribution >= 0.6 is 34.8 Å². The molecule has 2 rings (SSSR count). The molecule has 0 amide bonds. The summed E-state index contributed by atoms with van der Waals surface area (Å²) in [6, 6.07) is 5.47. The molecule has 0 aliphatic carbocycles. The zero-order valence-electron chi connectivity index (χ0n) is 9.33. The van der Waals surface area contributed by atoms with Crippen LogP contribution in [0.3, 0.4) is 0 Å². The van der Waals surface area contributed by atoms with Crippen LogP contribution in [0.15, 0.2) is 30.6 Å². The molecule has 0 saturated carbocycles. The van der Waals surface area contributed by atoms with Gasteiger partial charge in [-0.25, -0.2) is 9.97 Å². The van der Waals surface area contributed by atoms with E-state index in [4.69, 9.17) is 34.8 Å². The van der Waals surface area contributed by atoms with Crippen molar-refractivity contribution in [2.24, 2.45) is 0 Å². The van der Waals surface area contributed by atoms with Crippen molar-refractivity contribution in [3.8, 4) is 0 Å². The number of benzene rings is 1. The fourth-order valence-corrected chi connectivity index (χ4v) is 2.04. The van der Waals surface area contributed by atoms with E-state index in [2.05, 4.69) is 15.3 Å². The molecular weight excluding hydrogens is 293 g/mol. The van der Waals surface area contributed by atoms with Crippen LogP contribution in [0.2, 0.25) is 15.1 Å². The smallest absolute Gasteiger partial charge is 0.222 e. The van der Waals surface area contributed by atoms with Crippen LogP contribution in [0.1, 0.15) is 5.56 Å². The van der Waals surface area contributed by atoms with Gasteiger partial charge in [-0.1, -0.05) is 40.9 Å². The SMILES string of the molecule is Clc1cnc(NCCc2ccc(Cl)cc2Cl)nc1. The van der Waals surface area contributed by atoms with E-state index in [0.29, 0.717) is 27.6 Å². The minimum absolute atomic E-state index is 0.515. The molecule has 0 aliphatic heterocycles. The first-order chi connectivity index (χ1) is 8.65. The molecule has 94 valence electrons. The third-order valence-corrected chi connectivity index (χ3v) is 3.10. The maximum atomic E-state index is 6.07. The second-order valence-electron chi connectivity index (χ2n) is 3.64. The lowest BCUT2D eigenvalue weighted by Crippen LogP contribution is -2.07. The summed E-state index contributed by atoms with van der Waals surface area (Å²) < 4.78 is 0. The summed E-state index contributed by atoms with van der Waals surface area (Å²) in [7, 11) is 0. The van der Waals surface area contributed by atoms with Gasteiger partial charge in [0.15, 0.2) is 0 Å². The molecule has 0 saturated heterocycles. The highest BCUT2D eigenvalue weighted by atomic mass is 35.5. The second-order valence-corrected chi connectivity index (χ2v) is 4.92. The largest absolute Gasteiger partial charge is 0.354 e. The number of nitrogens with zero attached hydrogens (tertiary/aromatic N) is 2. The zero-order valence-corrected chi connectivity index (χ0v) is 11.6. The van der Waals surface area contributed by atoms with Crippen molar-refractivity contribution < 1.29 is 0 Å². The van der Waals surface area contributed by atoms with Gasteiger partial charge in [0.2, 0.25) is 5.95 Å². The van der Waals surface area contributed by atoms with Gasteiger partial charge in [-0.2, -0.15) is 0 Å². The first-order valence-corrected chi connectivity index (χ1v) is 6.44. The highest BCUT2D eigenvalue weighted by Crippen LogP contribution is 2.21. The van der Waals surface area contributed by atoms with Gasteiger partial charge < -0.3 is 5.32 Å². The molecule has 0 unspecified atom stereocenters. The van der Waals surface area contributed by atoms with Gasteiger partial charge >= 0.3 is 0 Å². The van der Waals surface area contributed by atoms with Crippen LogP contribution < -0.4 is 5.32 Å². The fraction of sp³-hybridized carbons (Fsp3) is 0.167. The molecule has 0 fully saturated rings. The van der Waals surface area contributed by atoms with Crippen LogP contribution in [0, 0.1) is 0 Å². The van der Waals surface area contributed by atoms with E-state index in [1.54, 1.807) is 18.5 Å². The van der Waals surface area contributed by atoms with Crippen molar-refractivity contribution in [2.45, 2.75) is 6.42 Å². The molecule has 0 aliphatic rings. The van der Waals surface area contributed by atoms with Gasteiger partial charge in [-0.15, -0.1) is 0 Å². The first kappa shape index (κ1) is 13.4. The van der Waals surface area contributed by atoms with Crippen molar-refractivity contribution in [2.75, 3.05) is 11.9 Å². The normalized spacial score (nSPS) is 10.4. The molecule has 1 aromatic heterocycles. The number of rotatable bonds is 4. The van der Waals surface area contributed by atoms with E-state index in [0.717, 1.165) is 12.0 Å². The molecule has 1 heterocycles. The number of anilines is 1. The van der Waals surface area contributed by atoms with Crippen LogP contribution in [0.5, 0.6) is 0 Å². The highest BCUT2D eigenvalue weighted by Gasteiger charge is 2.02. The molecule has 6 heteroatoms. The van der Waals surface area contributed by atoms with Crippen molar-refractivity contribution >= 4 is 40.8 Å². The summed E-state index contributed by atoms with van der Waals surface area (Å²) in [4.78, 5) is 8.08. The molecule has 0 bridgehead atoms. The quantitative estimate of drug-likeness (QED) is 0.924. The van der Waals surface area contributed by atoms with Crippen LogP contribution in [-0.4, -0.2) is 16.5 Å². The maximum Gasteiger partial charge on any atom is 0.222 e. The van der Waals surface area contributed by atoms with E-state index in [9.17, 15) is 0 Å². The maximum absolute atomic E-state index is 6.07. The van der Waals surface area contributed by atoms with E-state index in [1.807, 2.05) is 12.1 Å². The molecule has 0 atom stereocenters. The Kier molecular flexibility index (Phi) is 4.64. The molecule has 0 spiro atoms. The summed E-state index contributed by atoms with van der Waals surface area (Å²) in [6.07, 6.45) is 3.86. The van der Waals surface area contributed by atoms with Gasteiger partial charge in [-0.3, -0.25) is 0 Å². The Balaban J connectivity index is 1.90. The number of hydrogen-bond donors (Lipinski definition) is 1. The summed E-state index contributed by atoms with van der Waals surface area (Å²) >= 11 is 17.6. The zero-order chi connectivity index (χ0) is 13.0. The minimum Gasteiger partial charge on any atom is -0.354 e. The number of aromatic nitrogens is 2. The molecule has 18 heavy (non-hydrogen) atoms. The standard InChI is InChI=1S/C12H10Cl3N3/c13-9-2-1-8(11(15)5-9)3-4-16-12-17-6-10(14)7-18-12/h1-2,5-7H,3-4H2,(H,16,17,18). The number of halogens is 3. The topological polar surface area (TPSA) is 37.8 Å². The fourth-order valence-electron chi connectivity index (χ4n) is 1.44. The van der Waals surface area contributed by atoms with Crippen molar-refractivity contribution in [1.29, 1.82) is 0 Å². The minimum atomic E-state index is 0.515. The summed E-state index contributed by atoms with van der Waals surface area (Å²) in [5.74, 6) is 0.546. The van der Waals surface area contributed by atoms with Gasteiger partial charge in [0.25, 0.3) is 0 Å². The van der Waals surface area contributed by atoms with E-state index in [1.165, 1.54) is 0 Å². The van der Waals surface area contributed by atoms with E-state index in [-0.39, 0.29) is 0 Å². The van der Waals surface area contributed by atoms with Gasteiger partial charge in [0, 0.05) is 16.6 Å².